The zero-order chi connectivity index (χ0) is 16.4. The van der Waals surface area contributed by atoms with E-state index >= 15 is 0 Å². The molecule has 0 saturated carbocycles. The van der Waals surface area contributed by atoms with Gasteiger partial charge in [-0.2, -0.15) is 4.98 Å². The summed E-state index contributed by atoms with van der Waals surface area (Å²) < 4.78 is 11.9. The first-order chi connectivity index (χ1) is 11.8. The number of piperazine rings is 1. The van der Waals surface area contributed by atoms with Crippen molar-refractivity contribution >= 4 is 29.5 Å². The Morgan fingerprint density at radius 3 is 3.12 bits per heavy atom. The molecule has 0 spiro atoms. The zero-order valence-corrected chi connectivity index (χ0v) is 14.8. The molecule has 1 atom stereocenters. The SMILES string of the molecule is Cc1ccc2nc(N3CCNC[C@@H]3COc3cccnc3)oc2c1.Cl. The van der Waals surface area contributed by atoms with Crippen LogP contribution in [0.15, 0.2) is 47.1 Å². The van der Waals surface area contributed by atoms with E-state index in [0.29, 0.717) is 12.6 Å². The van der Waals surface area contributed by atoms with Crippen LogP contribution in [0.1, 0.15) is 5.56 Å². The number of oxazole rings is 1. The fourth-order valence-corrected chi connectivity index (χ4v) is 2.93. The van der Waals surface area contributed by atoms with E-state index in [0.717, 1.165) is 36.5 Å². The highest BCUT2D eigenvalue weighted by Crippen LogP contribution is 2.25. The number of halogens is 1. The number of nitrogens with one attached hydrogen (secondary N) is 1. The summed E-state index contributed by atoms with van der Waals surface area (Å²) in [6.45, 7) is 5.18. The third-order valence-electron chi connectivity index (χ3n) is 4.21. The lowest BCUT2D eigenvalue weighted by atomic mass is 10.2. The Hall–Kier alpha value is -2.31. The molecule has 0 radical (unpaired) electrons. The molecule has 0 amide bonds. The summed E-state index contributed by atoms with van der Waals surface area (Å²) in [6.07, 6.45) is 3.46. The van der Waals surface area contributed by atoms with Gasteiger partial charge in [-0.05, 0) is 36.8 Å². The fourth-order valence-electron chi connectivity index (χ4n) is 2.93. The molecule has 7 heteroatoms. The molecule has 25 heavy (non-hydrogen) atoms. The first-order valence-electron chi connectivity index (χ1n) is 8.17. The zero-order valence-electron chi connectivity index (χ0n) is 14.0. The second kappa shape index (κ2) is 7.72. The molecule has 0 unspecified atom stereocenters. The van der Waals surface area contributed by atoms with Gasteiger partial charge in [-0.25, -0.2) is 0 Å². The van der Waals surface area contributed by atoms with Crippen molar-refractivity contribution in [3.8, 4) is 5.75 Å². The minimum atomic E-state index is 0. The number of anilines is 1. The molecule has 1 N–H and O–H groups in total. The van der Waals surface area contributed by atoms with Crippen LogP contribution in [0.25, 0.3) is 11.1 Å². The fraction of sp³-hybridized carbons (Fsp3) is 0.333. The van der Waals surface area contributed by atoms with Crippen LogP contribution in [0.2, 0.25) is 0 Å². The molecule has 3 heterocycles. The summed E-state index contributed by atoms with van der Waals surface area (Å²) in [7, 11) is 0. The van der Waals surface area contributed by atoms with Gasteiger partial charge in [0, 0.05) is 25.8 Å². The number of fused-ring (bicyclic) bond motifs is 1. The molecular weight excluding hydrogens is 340 g/mol. The van der Waals surface area contributed by atoms with Gasteiger partial charge >= 0.3 is 0 Å². The van der Waals surface area contributed by atoms with Gasteiger partial charge in [0.2, 0.25) is 0 Å². The summed E-state index contributed by atoms with van der Waals surface area (Å²) in [5, 5.41) is 3.41. The first-order valence-corrected chi connectivity index (χ1v) is 8.17. The maximum Gasteiger partial charge on any atom is 0.298 e. The number of pyridine rings is 1. The molecule has 1 fully saturated rings. The standard InChI is InChI=1S/C18H20N4O2.ClH/c1-13-4-5-16-17(9-13)24-18(21-16)22-8-7-20-10-14(22)12-23-15-3-2-6-19-11-15;/h2-6,9,11,14,20H,7-8,10,12H2,1H3;1H/t14-;/m1./s1. The van der Waals surface area contributed by atoms with Crippen LogP contribution in [0, 0.1) is 6.92 Å². The van der Waals surface area contributed by atoms with Gasteiger partial charge in [0.05, 0.1) is 12.2 Å². The van der Waals surface area contributed by atoms with Crippen molar-refractivity contribution in [1.82, 2.24) is 15.3 Å². The van der Waals surface area contributed by atoms with E-state index in [-0.39, 0.29) is 18.4 Å². The molecule has 1 aliphatic heterocycles. The van der Waals surface area contributed by atoms with Gasteiger partial charge in [-0.1, -0.05) is 6.07 Å². The second-order valence-corrected chi connectivity index (χ2v) is 6.02. The maximum atomic E-state index is 5.99. The smallest absolute Gasteiger partial charge is 0.298 e. The van der Waals surface area contributed by atoms with Crippen LogP contribution in [-0.4, -0.2) is 42.3 Å². The van der Waals surface area contributed by atoms with Gasteiger partial charge in [0.1, 0.15) is 17.9 Å². The summed E-state index contributed by atoms with van der Waals surface area (Å²) in [6, 6.07) is 10.7. The van der Waals surface area contributed by atoms with Crippen molar-refractivity contribution in [3.63, 3.8) is 0 Å². The number of aromatic nitrogens is 2. The molecule has 3 aromatic rings. The predicted octanol–water partition coefficient (Wildman–Crippen LogP) is 2.81. The van der Waals surface area contributed by atoms with Crippen LogP contribution >= 0.6 is 12.4 Å². The molecule has 1 saturated heterocycles. The lowest BCUT2D eigenvalue weighted by molar-refractivity contribution is 0.261. The Bertz CT molecular complexity index is 824. The highest BCUT2D eigenvalue weighted by Gasteiger charge is 2.27. The van der Waals surface area contributed by atoms with Crippen molar-refractivity contribution in [3.05, 3.63) is 48.3 Å². The Kier molecular flexibility index (Phi) is 5.40. The van der Waals surface area contributed by atoms with Gasteiger partial charge in [0.15, 0.2) is 5.58 Å². The summed E-state index contributed by atoms with van der Waals surface area (Å²) in [5.74, 6) is 0.774. The van der Waals surface area contributed by atoms with E-state index in [1.165, 1.54) is 5.56 Å². The Morgan fingerprint density at radius 2 is 2.28 bits per heavy atom. The lowest BCUT2D eigenvalue weighted by Gasteiger charge is -2.34. The van der Waals surface area contributed by atoms with Gasteiger partial charge in [-0.15, -0.1) is 12.4 Å². The highest BCUT2D eigenvalue weighted by molar-refractivity contribution is 5.85. The normalized spacial score (nSPS) is 17.3. The van der Waals surface area contributed by atoms with Crippen LogP contribution < -0.4 is 15.0 Å². The van der Waals surface area contributed by atoms with Crippen LogP contribution in [0.4, 0.5) is 6.01 Å². The Morgan fingerprint density at radius 1 is 1.36 bits per heavy atom. The average Bonchev–Trinajstić information content (AvgIpc) is 3.04. The number of benzene rings is 1. The molecule has 1 aromatic carbocycles. The van der Waals surface area contributed by atoms with Crippen molar-refractivity contribution in [2.24, 2.45) is 0 Å². The number of hydrogen-bond donors (Lipinski definition) is 1. The lowest BCUT2D eigenvalue weighted by Crippen LogP contribution is -2.54. The van der Waals surface area contributed by atoms with Gasteiger partial charge in [0.25, 0.3) is 6.01 Å². The number of hydrogen-bond acceptors (Lipinski definition) is 6. The molecule has 6 nitrogen and oxygen atoms in total. The van der Waals surface area contributed by atoms with Gasteiger partial charge < -0.3 is 19.4 Å². The summed E-state index contributed by atoms with van der Waals surface area (Å²) in [4.78, 5) is 10.9. The van der Waals surface area contributed by atoms with Crippen molar-refractivity contribution < 1.29 is 9.15 Å². The molecule has 2 aromatic heterocycles. The number of nitrogens with zero attached hydrogens (tertiary/aromatic N) is 3. The van der Waals surface area contributed by atoms with E-state index in [1.54, 1.807) is 12.4 Å². The van der Waals surface area contributed by atoms with Crippen LogP contribution in [0.5, 0.6) is 5.75 Å². The van der Waals surface area contributed by atoms with Crippen molar-refractivity contribution in [2.75, 3.05) is 31.1 Å². The van der Waals surface area contributed by atoms with E-state index in [1.807, 2.05) is 24.3 Å². The van der Waals surface area contributed by atoms with Crippen molar-refractivity contribution in [1.29, 1.82) is 0 Å². The first kappa shape index (κ1) is 17.5. The molecule has 4 rings (SSSR count). The number of aryl methyl sites for hydroxylation is 1. The average molecular weight is 361 g/mol. The minimum absolute atomic E-state index is 0. The van der Waals surface area contributed by atoms with E-state index in [9.17, 15) is 0 Å². The summed E-state index contributed by atoms with van der Waals surface area (Å²) >= 11 is 0. The monoisotopic (exact) mass is 360 g/mol. The van der Waals surface area contributed by atoms with E-state index in [4.69, 9.17) is 9.15 Å². The second-order valence-electron chi connectivity index (χ2n) is 6.02. The van der Waals surface area contributed by atoms with Crippen LogP contribution in [-0.2, 0) is 0 Å². The molecule has 1 aliphatic rings. The Balaban J connectivity index is 0.00000182. The number of ether oxygens (including phenoxy) is 1. The third-order valence-corrected chi connectivity index (χ3v) is 4.21. The Labute approximate surface area is 152 Å². The maximum absolute atomic E-state index is 5.99. The predicted molar refractivity (Wildman–Crippen MR) is 99.7 cm³/mol. The largest absolute Gasteiger partial charge is 0.490 e. The minimum Gasteiger partial charge on any atom is -0.490 e. The van der Waals surface area contributed by atoms with Crippen molar-refractivity contribution in [2.45, 2.75) is 13.0 Å². The highest BCUT2D eigenvalue weighted by atomic mass is 35.5. The van der Waals surface area contributed by atoms with E-state index in [2.05, 4.69) is 33.2 Å². The molecular formula is C18H21ClN4O2. The molecule has 132 valence electrons. The van der Waals surface area contributed by atoms with E-state index < -0.39 is 0 Å². The molecule has 0 bridgehead atoms. The quantitative estimate of drug-likeness (QED) is 0.772. The van der Waals surface area contributed by atoms with Crippen LogP contribution in [0.3, 0.4) is 0 Å². The third kappa shape index (κ3) is 3.86. The van der Waals surface area contributed by atoms with Gasteiger partial charge in [-0.3, -0.25) is 4.98 Å². The molecule has 0 aliphatic carbocycles. The topological polar surface area (TPSA) is 63.4 Å². The summed E-state index contributed by atoms with van der Waals surface area (Å²) in [5.41, 5.74) is 2.89. The number of rotatable bonds is 4.